The molecule has 3 aromatic rings. The lowest BCUT2D eigenvalue weighted by Crippen LogP contribution is -2.09. The Morgan fingerprint density at radius 1 is 0.971 bits per heavy atom. The van der Waals surface area contributed by atoms with Gasteiger partial charge in [0.2, 0.25) is 5.78 Å². The van der Waals surface area contributed by atoms with E-state index in [1.165, 1.54) is 20.3 Å². The first-order chi connectivity index (χ1) is 16.4. The number of benzene rings is 3. The lowest BCUT2D eigenvalue weighted by atomic mass is 10.0. The van der Waals surface area contributed by atoms with Gasteiger partial charge in [0, 0.05) is 17.7 Å². The summed E-state index contributed by atoms with van der Waals surface area (Å²) < 4.78 is 27.5. The topological polar surface area (TPSA) is 80.3 Å². The third-order valence-corrected chi connectivity index (χ3v) is 5.25. The predicted molar refractivity (Wildman–Crippen MR) is 126 cm³/mol. The minimum atomic E-state index is -0.595. The molecule has 3 aromatic carbocycles. The van der Waals surface area contributed by atoms with Crippen LogP contribution in [0.1, 0.15) is 38.8 Å². The molecule has 0 atom stereocenters. The summed E-state index contributed by atoms with van der Waals surface area (Å²) in [5.41, 5.74) is 2.06. The molecule has 0 spiro atoms. The van der Waals surface area contributed by atoms with Gasteiger partial charge < -0.3 is 23.7 Å². The number of aryl methyl sites for hydroxylation is 1. The molecule has 7 heteroatoms. The van der Waals surface area contributed by atoms with E-state index in [1.54, 1.807) is 37.3 Å². The highest BCUT2D eigenvalue weighted by Gasteiger charge is 2.30. The number of methoxy groups -OCH3 is 2. The van der Waals surface area contributed by atoms with Gasteiger partial charge in [0.1, 0.15) is 28.7 Å². The standard InChI is InChI=1S/C27H24O7/c1-5-32-22-9-7-6-8-17(22)13-24-26(28)25-16(2)10-21(15-23(25)34-24)33-27(29)18-11-19(30-3)14-20(12-18)31-4/h6-15H,5H2,1-4H3/b24-13-. The first-order valence-electron chi connectivity index (χ1n) is 10.7. The highest BCUT2D eigenvalue weighted by atomic mass is 16.5. The minimum absolute atomic E-state index is 0.172. The molecule has 0 saturated heterocycles. The van der Waals surface area contributed by atoms with E-state index in [9.17, 15) is 9.59 Å². The summed E-state index contributed by atoms with van der Waals surface area (Å²) in [6.45, 7) is 4.16. The summed E-state index contributed by atoms with van der Waals surface area (Å²) in [5, 5.41) is 0. The van der Waals surface area contributed by atoms with Crippen LogP contribution >= 0.6 is 0 Å². The van der Waals surface area contributed by atoms with Gasteiger partial charge in [-0.05, 0) is 49.8 Å². The van der Waals surface area contributed by atoms with Crippen LogP contribution in [0.4, 0.5) is 0 Å². The molecule has 174 valence electrons. The Morgan fingerprint density at radius 3 is 2.35 bits per heavy atom. The van der Waals surface area contributed by atoms with Crippen molar-refractivity contribution in [2.24, 2.45) is 0 Å². The second-order valence-electron chi connectivity index (χ2n) is 7.51. The van der Waals surface area contributed by atoms with Crippen LogP contribution in [0.3, 0.4) is 0 Å². The van der Waals surface area contributed by atoms with Gasteiger partial charge in [0.05, 0.1) is 32.0 Å². The van der Waals surface area contributed by atoms with Gasteiger partial charge in [0.25, 0.3) is 0 Å². The summed E-state index contributed by atoms with van der Waals surface area (Å²) in [6, 6.07) is 15.3. The predicted octanol–water partition coefficient (Wildman–Crippen LogP) is 5.25. The van der Waals surface area contributed by atoms with Crippen LogP contribution in [0.15, 0.2) is 60.4 Å². The molecule has 0 radical (unpaired) electrons. The third-order valence-electron chi connectivity index (χ3n) is 5.25. The van der Waals surface area contributed by atoms with Gasteiger partial charge >= 0.3 is 5.97 Å². The molecule has 0 saturated carbocycles. The smallest absolute Gasteiger partial charge is 0.343 e. The van der Waals surface area contributed by atoms with E-state index in [0.717, 1.165) is 5.56 Å². The van der Waals surface area contributed by atoms with Gasteiger partial charge in [-0.3, -0.25) is 4.79 Å². The molecule has 0 aromatic heterocycles. The Hall–Kier alpha value is -4.26. The second kappa shape index (κ2) is 9.70. The number of Topliss-reactive ketones (excluding diaryl/α,β-unsaturated/α-hetero) is 1. The van der Waals surface area contributed by atoms with Crippen LogP contribution in [0.5, 0.6) is 28.7 Å². The molecule has 1 aliphatic rings. The van der Waals surface area contributed by atoms with Crippen LogP contribution in [-0.4, -0.2) is 32.6 Å². The van der Waals surface area contributed by atoms with E-state index in [1.807, 2.05) is 31.2 Å². The minimum Gasteiger partial charge on any atom is -0.497 e. The summed E-state index contributed by atoms with van der Waals surface area (Å²) in [6.07, 6.45) is 1.65. The zero-order chi connectivity index (χ0) is 24.2. The molecule has 0 fully saturated rings. The van der Waals surface area contributed by atoms with Crippen molar-refractivity contribution in [3.05, 3.63) is 82.6 Å². The van der Waals surface area contributed by atoms with E-state index in [4.69, 9.17) is 23.7 Å². The van der Waals surface area contributed by atoms with Crippen molar-refractivity contribution in [3.8, 4) is 28.7 Å². The van der Waals surface area contributed by atoms with Gasteiger partial charge in [-0.1, -0.05) is 18.2 Å². The number of ether oxygens (including phenoxy) is 5. The number of allylic oxidation sites excluding steroid dienone is 1. The first-order valence-corrected chi connectivity index (χ1v) is 10.7. The van der Waals surface area contributed by atoms with Crippen molar-refractivity contribution in [2.75, 3.05) is 20.8 Å². The van der Waals surface area contributed by atoms with E-state index in [2.05, 4.69) is 0 Å². The lowest BCUT2D eigenvalue weighted by Gasteiger charge is -2.10. The Labute approximate surface area is 197 Å². The molecule has 7 nitrogen and oxygen atoms in total. The number of esters is 1. The van der Waals surface area contributed by atoms with Crippen molar-refractivity contribution in [3.63, 3.8) is 0 Å². The SMILES string of the molecule is CCOc1ccccc1/C=C1\Oc2cc(OC(=O)c3cc(OC)cc(OC)c3)cc(C)c2C1=O. The molecule has 1 aliphatic heterocycles. The van der Waals surface area contributed by atoms with Gasteiger partial charge in [-0.15, -0.1) is 0 Å². The fraction of sp³-hybridized carbons (Fsp3) is 0.185. The van der Waals surface area contributed by atoms with Crippen LogP contribution in [0.2, 0.25) is 0 Å². The number of ketones is 1. The molecular formula is C27H24O7. The highest BCUT2D eigenvalue weighted by Crippen LogP contribution is 2.38. The van der Waals surface area contributed by atoms with Crippen molar-refractivity contribution in [1.82, 2.24) is 0 Å². The number of carbonyl (C=O) groups is 2. The maximum atomic E-state index is 13.0. The number of hydrogen-bond acceptors (Lipinski definition) is 7. The average Bonchev–Trinajstić information content (AvgIpc) is 3.15. The molecular weight excluding hydrogens is 436 g/mol. The monoisotopic (exact) mass is 460 g/mol. The van der Waals surface area contributed by atoms with Crippen LogP contribution in [0.25, 0.3) is 6.08 Å². The zero-order valence-corrected chi connectivity index (χ0v) is 19.3. The van der Waals surface area contributed by atoms with Crippen LogP contribution < -0.4 is 23.7 Å². The van der Waals surface area contributed by atoms with E-state index in [-0.39, 0.29) is 22.9 Å². The molecule has 4 rings (SSSR count). The fourth-order valence-corrected chi connectivity index (χ4v) is 3.66. The quantitative estimate of drug-likeness (QED) is 0.271. The summed E-state index contributed by atoms with van der Waals surface area (Å²) in [7, 11) is 3.00. The number of fused-ring (bicyclic) bond motifs is 1. The Kier molecular flexibility index (Phi) is 6.54. The molecule has 0 unspecified atom stereocenters. The maximum absolute atomic E-state index is 13.0. The summed E-state index contributed by atoms with van der Waals surface area (Å²) >= 11 is 0. The molecule has 0 N–H and O–H groups in total. The Balaban J connectivity index is 1.61. The lowest BCUT2D eigenvalue weighted by molar-refractivity contribution is 0.0733. The average molecular weight is 460 g/mol. The summed E-state index contributed by atoms with van der Waals surface area (Å²) in [4.78, 5) is 25.8. The summed E-state index contributed by atoms with van der Waals surface area (Å²) in [5.74, 6) is 1.51. The Morgan fingerprint density at radius 2 is 1.68 bits per heavy atom. The normalized spacial score (nSPS) is 13.3. The number of carbonyl (C=O) groups excluding carboxylic acids is 2. The second-order valence-corrected chi connectivity index (χ2v) is 7.51. The van der Waals surface area contributed by atoms with Crippen molar-refractivity contribution >= 4 is 17.8 Å². The van der Waals surface area contributed by atoms with Crippen molar-refractivity contribution in [1.29, 1.82) is 0 Å². The molecule has 34 heavy (non-hydrogen) atoms. The first kappa shape index (κ1) is 22.9. The van der Waals surface area contributed by atoms with Gasteiger partial charge in [-0.2, -0.15) is 0 Å². The number of rotatable bonds is 7. The Bertz CT molecular complexity index is 1270. The van der Waals surface area contributed by atoms with Crippen LogP contribution in [0, 0.1) is 6.92 Å². The van der Waals surface area contributed by atoms with E-state index in [0.29, 0.717) is 40.7 Å². The fourth-order valence-electron chi connectivity index (χ4n) is 3.66. The molecule has 0 aliphatic carbocycles. The van der Waals surface area contributed by atoms with E-state index < -0.39 is 5.97 Å². The van der Waals surface area contributed by atoms with Crippen molar-refractivity contribution in [2.45, 2.75) is 13.8 Å². The van der Waals surface area contributed by atoms with Crippen molar-refractivity contribution < 1.29 is 33.3 Å². The maximum Gasteiger partial charge on any atom is 0.343 e. The largest absolute Gasteiger partial charge is 0.497 e. The highest BCUT2D eigenvalue weighted by molar-refractivity contribution is 6.15. The van der Waals surface area contributed by atoms with Gasteiger partial charge in [0.15, 0.2) is 5.76 Å². The molecule has 0 amide bonds. The van der Waals surface area contributed by atoms with Crippen LogP contribution in [-0.2, 0) is 0 Å². The number of hydrogen-bond donors (Lipinski definition) is 0. The zero-order valence-electron chi connectivity index (χ0n) is 19.3. The van der Waals surface area contributed by atoms with Gasteiger partial charge in [-0.25, -0.2) is 4.79 Å². The molecule has 1 heterocycles. The molecule has 0 bridgehead atoms. The third kappa shape index (κ3) is 4.59. The van der Waals surface area contributed by atoms with E-state index >= 15 is 0 Å². The number of para-hydroxylation sites is 1.